The summed E-state index contributed by atoms with van der Waals surface area (Å²) in [6.07, 6.45) is 0.857. The van der Waals surface area contributed by atoms with Gasteiger partial charge in [0.25, 0.3) is 0 Å². The molecular formula is C16H16N4O2. The number of nitrogens with two attached hydrogens (primary N) is 1. The summed E-state index contributed by atoms with van der Waals surface area (Å²) >= 11 is 0. The van der Waals surface area contributed by atoms with E-state index in [0.717, 1.165) is 23.1 Å². The van der Waals surface area contributed by atoms with Gasteiger partial charge in [0.15, 0.2) is 11.5 Å². The number of benzene rings is 2. The molecule has 0 saturated heterocycles. The van der Waals surface area contributed by atoms with Crippen LogP contribution < -0.4 is 15.2 Å². The van der Waals surface area contributed by atoms with Gasteiger partial charge >= 0.3 is 0 Å². The Hall–Kier alpha value is -2.60. The third-order valence-corrected chi connectivity index (χ3v) is 3.60. The van der Waals surface area contributed by atoms with E-state index >= 15 is 0 Å². The van der Waals surface area contributed by atoms with Crippen molar-refractivity contribution in [3.63, 3.8) is 0 Å². The standard InChI is InChI=1S/C16H16N4O2/c1-10(17)6-11-2-4-12(5-3-11)20-18-13-7-15-16(22-9-21-15)8-14(13)19-20/h2-5,7-8,10H,6,9,17H2,1H3/t10-/m0/s1. The van der Waals surface area contributed by atoms with Gasteiger partial charge in [0, 0.05) is 18.2 Å². The second kappa shape index (κ2) is 4.99. The van der Waals surface area contributed by atoms with Crippen molar-refractivity contribution in [3.8, 4) is 17.2 Å². The molecule has 0 fully saturated rings. The van der Waals surface area contributed by atoms with E-state index in [2.05, 4.69) is 22.3 Å². The number of hydrogen-bond donors (Lipinski definition) is 1. The summed E-state index contributed by atoms with van der Waals surface area (Å²) in [5.41, 5.74) is 9.49. The number of fused-ring (bicyclic) bond motifs is 2. The van der Waals surface area contributed by atoms with Gasteiger partial charge < -0.3 is 15.2 Å². The molecule has 1 aliphatic heterocycles. The maximum Gasteiger partial charge on any atom is 0.231 e. The second-order valence-electron chi connectivity index (χ2n) is 5.53. The minimum absolute atomic E-state index is 0.152. The summed E-state index contributed by atoms with van der Waals surface area (Å²) in [6, 6.07) is 12.0. The molecule has 4 rings (SSSR count). The molecule has 0 amide bonds. The lowest BCUT2D eigenvalue weighted by atomic mass is 10.1. The van der Waals surface area contributed by atoms with E-state index in [1.165, 1.54) is 5.56 Å². The van der Waals surface area contributed by atoms with Crippen LogP contribution in [0.5, 0.6) is 11.5 Å². The van der Waals surface area contributed by atoms with Crippen LogP contribution in [-0.2, 0) is 6.42 Å². The lowest BCUT2D eigenvalue weighted by molar-refractivity contribution is 0.174. The summed E-state index contributed by atoms with van der Waals surface area (Å²) in [4.78, 5) is 1.62. The van der Waals surface area contributed by atoms with Gasteiger partial charge in [0.2, 0.25) is 6.79 Å². The first-order valence-electron chi connectivity index (χ1n) is 7.20. The van der Waals surface area contributed by atoms with Crippen LogP contribution in [0.25, 0.3) is 16.7 Å². The zero-order valence-electron chi connectivity index (χ0n) is 12.2. The summed E-state index contributed by atoms with van der Waals surface area (Å²) < 4.78 is 10.7. The maximum atomic E-state index is 5.82. The molecule has 0 spiro atoms. The van der Waals surface area contributed by atoms with Gasteiger partial charge in [-0.2, -0.15) is 4.80 Å². The van der Waals surface area contributed by atoms with E-state index in [1.807, 2.05) is 31.2 Å². The van der Waals surface area contributed by atoms with Crippen molar-refractivity contribution in [1.29, 1.82) is 0 Å². The van der Waals surface area contributed by atoms with Gasteiger partial charge in [-0.15, -0.1) is 10.2 Å². The Kier molecular flexibility index (Phi) is 2.97. The largest absolute Gasteiger partial charge is 0.454 e. The first-order chi connectivity index (χ1) is 10.7. The van der Waals surface area contributed by atoms with Crippen LogP contribution in [0.4, 0.5) is 0 Å². The molecule has 0 aliphatic carbocycles. The van der Waals surface area contributed by atoms with Crippen LogP contribution in [0.2, 0.25) is 0 Å². The highest BCUT2D eigenvalue weighted by molar-refractivity contribution is 5.79. The number of ether oxygens (including phenoxy) is 2. The van der Waals surface area contributed by atoms with E-state index in [4.69, 9.17) is 15.2 Å². The molecular weight excluding hydrogens is 280 g/mol. The second-order valence-corrected chi connectivity index (χ2v) is 5.53. The molecule has 2 N–H and O–H groups in total. The highest BCUT2D eigenvalue weighted by atomic mass is 16.7. The quantitative estimate of drug-likeness (QED) is 0.800. The molecule has 1 aliphatic rings. The van der Waals surface area contributed by atoms with Crippen LogP contribution in [0, 0.1) is 0 Å². The first-order valence-corrected chi connectivity index (χ1v) is 7.20. The van der Waals surface area contributed by atoms with E-state index in [9.17, 15) is 0 Å². The fourth-order valence-corrected chi connectivity index (χ4v) is 2.56. The van der Waals surface area contributed by atoms with Crippen LogP contribution in [0.15, 0.2) is 36.4 Å². The van der Waals surface area contributed by atoms with Crippen LogP contribution in [0.1, 0.15) is 12.5 Å². The Labute approximate surface area is 127 Å². The Balaban J connectivity index is 1.69. The highest BCUT2D eigenvalue weighted by Gasteiger charge is 2.17. The summed E-state index contributed by atoms with van der Waals surface area (Å²) in [5.74, 6) is 1.43. The normalized spacial score (nSPS) is 14.5. The molecule has 1 aromatic heterocycles. The van der Waals surface area contributed by atoms with Crippen molar-refractivity contribution in [3.05, 3.63) is 42.0 Å². The molecule has 2 aromatic carbocycles. The molecule has 1 atom stereocenters. The topological polar surface area (TPSA) is 75.2 Å². The fourth-order valence-electron chi connectivity index (χ4n) is 2.56. The Morgan fingerprint density at radius 2 is 1.68 bits per heavy atom. The van der Waals surface area contributed by atoms with Gasteiger partial charge in [-0.25, -0.2) is 0 Å². The van der Waals surface area contributed by atoms with Crippen LogP contribution in [0.3, 0.4) is 0 Å². The lowest BCUT2D eigenvalue weighted by Gasteiger charge is -2.05. The number of aromatic nitrogens is 3. The average molecular weight is 296 g/mol. The molecule has 0 radical (unpaired) electrons. The van der Waals surface area contributed by atoms with Gasteiger partial charge in [-0.1, -0.05) is 12.1 Å². The van der Waals surface area contributed by atoms with Crippen molar-refractivity contribution in [2.24, 2.45) is 5.73 Å². The third kappa shape index (κ3) is 2.27. The van der Waals surface area contributed by atoms with Crippen LogP contribution >= 0.6 is 0 Å². The van der Waals surface area contributed by atoms with Crippen molar-refractivity contribution in [1.82, 2.24) is 15.0 Å². The molecule has 2 heterocycles. The van der Waals surface area contributed by atoms with E-state index in [0.29, 0.717) is 11.5 Å². The number of nitrogens with zero attached hydrogens (tertiary/aromatic N) is 3. The predicted octanol–water partition coefficient (Wildman–Crippen LogP) is 2.04. The van der Waals surface area contributed by atoms with E-state index < -0.39 is 0 Å². The molecule has 6 heteroatoms. The molecule has 0 bridgehead atoms. The minimum Gasteiger partial charge on any atom is -0.454 e. The third-order valence-electron chi connectivity index (χ3n) is 3.60. The van der Waals surface area contributed by atoms with E-state index in [-0.39, 0.29) is 12.8 Å². The van der Waals surface area contributed by atoms with E-state index in [1.54, 1.807) is 4.80 Å². The molecule has 0 saturated carbocycles. The Morgan fingerprint density at radius 3 is 2.23 bits per heavy atom. The summed E-state index contributed by atoms with van der Waals surface area (Å²) in [6.45, 7) is 2.25. The predicted molar refractivity (Wildman–Crippen MR) is 82.3 cm³/mol. The van der Waals surface area contributed by atoms with Crippen molar-refractivity contribution in [2.75, 3.05) is 6.79 Å². The molecule has 0 unspecified atom stereocenters. The summed E-state index contributed by atoms with van der Waals surface area (Å²) in [5, 5.41) is 8.99. The smallest absolute Gasteiger partial charge is 0.231 e. The van der Waals surface area contributed by atoms with Crippen molar-refractivity contribution in [2.45, 2.75) is 19.4 Å². The molecule has 3 aromatic rings. The first kappa shape index (κ1) is 13.1. The Morgan fingerprint density at radius 1 is 1.09 bits per heavy atom. The van der Waals surface area contributed by atoms with Crippen molar-refractivity contribution < 1.29 is 9.47 Å². The number of rotatable bonds is 3. The lowest BCUT2D eigenvalue weighted by Crippen LogP contribution is -2.17. The SMILES string of the molecule is C[C@H](N)Cc1ccc(-n2nc3cc4c(cc3n2)OCO4)cc1. The highest BCUT2D eigenvalue weighted by Crippen LogP contribution is 2.34. The van der Waals surface area contributed by atoms with Crippen LogP contribution in [-0.4, -0.2) is 27.8 Å². The molecule has 22 heavy (non-hydrogen) atoms. The minimum atomic E-state index is 0.152. The molecule has 6 nitrogen and oxygen atoms in total. The zero-order valence-corrected chi connectivity index (χ0v) is 12.2. The maximum absolute atomic E-state index is 5.82. The average Bonchev–Trinajstić information content (AvgIpc) is 3.10. The van der Waals surface area contributed by atoms with Gasteiger partial charge in [-0.3, -0.25) is 0 Å². The number of hydrogen-bond acceptors (Lipinski definition) is 5. The van der Waals surface area contributed by atoms with Gasteiger partial charge in [-0.05, 0) is 31.0 Å². The van der Waals surface area contributed by atoms with Gasteiger partial charge in [0.1, 0.15) is 11.0 Å². The van der Waals surface area contributed by atoms with Gasteiger partial charge in [0.05, 0.1) is 5.69 Å². The molecule has 112 valence electrons. The Bertz CT molecular complexity index is 783. The van der Waals surface area contributed by atoms with Crippen molar-refractivity contribution >= 4 is 11.0 Å². The monoisotopic (exact) mass is 296 g/mol. The fraction of sp³-hybridized carbons (Fsp3) is 0.250. The zero-order chi connectivity index (χ0) is 15.1. The summed E-state index contributed by atoms with van der Waals surface area (Å²) in [7, 11) is 0.